The van der Waals surface area contributed by atoms with E-state index in [1.807, 2.05) is 0 Å². The first kappa shape index (κ1) is 35.1. The van der Waals surface area contributed by atoms with Gasteiger partial charge in [0.25, 0.3) is 5.91 Å². The molecule has 3 aliphatic heterocycles. The zero-order valence-electron chi connectivity index (χ0n) is 26.9. The van der Waals surface area contributed by atoms with Crippen molar-refractivity contribution in [2.24, 2.45) is 0 Å². The molecule has 3 aliphatic rings. The third kappa shape index (κ3) is 5.47. The van der Waals surface area contributed by atoms with Crippen LogP contribution in [0.5, 0.6) is 5.75 Å². The Hall–Kier alpha value is -4.21. The van der Waals surface area contributed by atoms with E-state index in [0.717, 1.165) is 63.7 Å². The van der Waals surface area contributed by atoms with E-state index in [0.29, 0.717) is 27.5 Å². The van der Waals surface area contributed by atoms with Crippen LogP contribution >= 0.6 is 35.3 Å². The third-order valence-electron chi connectivity index (χ3n) is 7.72. The second-order valence-corrected chi connectivity index (χ2v) is 14.5. The maximum absolute atomic E-state index is 14.5. The van der Waals surface area contributed by atoms with Crippen molar-refractivity contribution in [3.8, 4) is 5.75 Å². The predicted molar refractivity (Wildman–Crippen MR) is 179 cm³/mol. The quantitative estimate of drug-likeness (QED) is 0.266. The van der Waals surface area contributed by atoms with Gasteiger partial charge in [-0.05, 0) is 51.1 Å². The first-order valence-corrected chi connectivity index (χ1v) is 16.8. The van der Waals surface area contributed by atoms with Gasteiger partial charge in [-0.1, -0.05) is 47.4 Å². The van der Waals surface area contributed by atoms with Gasteiger partial charge in [-0.2, -0.15) is 0 Å². The molecule has 0 radical (unpaired) electrons. The third-order valence-corrected chi connectivity index (χ3v) is 12.4. The molecule has 2 aromatic carbocycles. The number of esters is 4. The van der Waals surface area contributed by atoms with Crippen molar-refractivity contribution in [3.63, 3.8) is 0 Å². The fourth-order valence-corrected chi connectivity index (χ4v) is 10.7. The number of amides is 1. The van der Waals surface area contributed by atoms with Crippen molar-refractivity contribution in [3.05, 3.63) is 84.6 Å². The van der Waals surface area contributed by atoms with Crippen LogP contribution in [0.15, 0.2) is 67.7 Å². The van der Waals surface area contributed by atoms with Crippen LogP contribution in [0.4, 0.5) is 10.1 Å². The van der Waals surface area contributed by atoms with Gasteiger partial charge in [0.05, 0.1) is 51.8 Å². The van der Waals surface area contributed by atoms with Crippen LogP contribution in [0.2, 0.25) is 0 Å². The number of ether oxygens (including phenoxy) is 5. The number of anilines is 1. The summed E-state index contributed by atoms with van der Waals surface area (Å²) < 4.78 is 38.7. The van der Waals surface area contributed by atoms with Crippen LogP contribution in [-0.2, 0) is 38.1 Å². The molecule has 0 aliphatic carbocycles. The van der Waals surface area contributed by atoms with Crippen LogP contribution in [-0.4, -0.2) is 74.4 Å². The molecular weight excluding hydrogens is 686 g/mol. The summed E-state index contributed by atoms with van der Waals surface area (Å²) in [6.45, 7) is 5.49. The van der Waals surface area contributed by atoms with Crippen LogP contribution in [0, 0.1) is 5.82 Å². The lowest BCUT2D eigenvalue weighted by Gasteiger charge is -2.51. The maximum Gasteiger partial charge on any atom is 0.345 e. The number of hydrogen-bond acceptors (Lipinski definition) is 13. The maximum atomic E-state index is 14.5. The Labute approximate surface area is 288 Å². The van der Waals surface area contributed by atoms with Crippen LogP contribution in [0.25, 0.3) is 5.57 Å². The highest BCUT2D eigenvalue weighted by atomic mass is 32.2. The smallest absolute Gasteiger partial charge is 0.345 e. The number of carbonyl (C=O) groups excluding carboxylic acids is 5. The number of para-hydroxylation sites is 1. The molecule has 0 saturated carbocycles. The van der Waals surface area contributed by atoms with Gasteiger partial charge in [0.1, 0.15) is 30.4 Å². The van der Waals surface area contributed by atoms with E-state index in [2.05, 4.69) is 0 Å². The number of nitrogens with zero attached hydrogens (tertiary/aromatic N) is 1. The number of methoxy groups -OCH3 is 4. The molecule has 1 amide bonds. The highest BCUT2D eigenvalue weighted by molar-refractivity contribution is 8.26. The van der Waals surface area contributed by atoms with Gasteiger partial charge in [0.2, 0.25) is 0 Å². The second kappa shape index (κ2) is 13.4. The molecule has 2 aromatic rings. The average molecular weight is 716 g/mol. The molecule has 0 bridgehead atoms. The highest BCUT2D eigenvalue weighted by Gasteiger charge is 2.62. The first-order valence-electron chi connectivity index (χ1n) is 14.3. The van der Waals surface area contributed by atoms with E-state index < -0.39 is 45.2 Å². The Bertz CT molecular complexity index is 1820. The van der Waals surface area contributed by atoms with Crippen molar-refractivity contribution in [1.82, 2.24) is 0 Å². The van der Waals surface area contributed by atoms with Crippen molar-refractivity contribution >= 4 is 76.3 Å². The zero-order chi connectivity index (χ0) is 35.1. The van der Waals surface area contributed by atoms with E-state index in [-0.39, 0.29) is 32.5 Å². The van der Waals surface area contributed by atoms with Gasteiger partial charge in [0.15, 0.2) is 0 Å². The number of benzene rings is 2. The molecule has 15 heteroatoms. The van der Waals surface area contributed by atoms with Crippen molar-refractivity contribution in [2.45, 2.75) is 30.4 Å². The number of carbonyl (C=O) groups is 5. The Morgan fingerprint density at radius 1 is 0.771 bits per heavy atom. The molecule has 5 rings (SSSR count). The summed E-state index contributed by atoms with van der Waals surface area (Å²) in [7, 11) is 4.58. The lowest BCUT2D eigenvalue weighted by Crippen LogP contribution is -2.54. The number of hydrogen-bond donors (Lipinski definition) is 0. The normalized spacial score (nSPS) is 17.5. The topological polar surface area (TPSA) is 135 Å². The van der Waals surface area contributed by atoms with Crippen molar-refractivity contribution < 1.29 is 52.0 Å². The van der Waals surface area contributed by atoms with Gasteiger partial charge in [-0.25, -0.2) is 23.6 Å². The summed E-state index contributed by atoms with van der Waals surface area (Å²) in [6.07, 6.45) is 0. The zero-order valence-corrected chi connectivity index (χ0v) is 29.3. The summed E-state index contributed by atoms with van der Waals surface area (Å²) in [5, 5.41) is 0. The lowest BCUT2D eigenvalue weighted by molar-refractivity contribution is -0.138. The Kier molecular flexibility index (Phi) is 9.77. The summed E-state index contributed by atoms with van der Waals surface area (Å²) in [4.78, 5) is 69.7. The van der Waals surface area contributed by atoms with Crippen LogP contribution < -0.4 is 9.64 Å². The van der Waals surface area contributed by atoms with Gasteiger partial charge >= 0.3 is 23.9 Å². The van der Waals surface area contributed by atoms with E-state index in [9.17, 15) is 28.4 Å². The summed E-state index contributed by atoms with van der Waals surface area (Å²) in [5.41, 5.74) is -0.208. The molecule has 0 atom stereocenters. The molecule has 252 valence electrons. The van der Waals surface area contributed by atoms with E-state index in [1.165, 1.54) is 29.2 Å². The Balaban J connectivity index is 1.92. The highest BCUT2D eigenvalue weighted by Crippen LogP contribution is 2.71. The van der Waals surface area contributed by atoms with E-state index in [1.54, 1.807) is 39.0 Å². The predicted octanol–water partition coefficient (Wildman–Crippen LogP) is 5.46. The Morgan fingerprint density at radius 3 is 1.83 bits per heavy atom. The number of rotatable bonds is 7. The van der Waals surface area contributed by atoms with Crippen LogP contribution in [0.3, 0.4) is 0 Å². The van der Waals surface area contributed by atoms with Crippen molar-refractivity contribution in [1.29, 1.82) is 0 Å². The molecule has 11 nitrogen and oxygen atoms in total. The number of thioether (sulfide) groups is 3. The minimum atomic E-state index is -1.74. The van der Waals surface area contributed by atoms with E-state index in [4.69, 9.17) is 23.7 Å². The lowest BCUT2D eigenvalue weighted by atomic mass is 9.82. The van der Waals surface area contributed by atoms with E-state index >= 15 is 0 Å². The minimum absolute atomic E-state index is 0.163. The van der Waals surface area contributed by atoms with Gasteiger partial charge < -0.3 is 23.7 Å². The molecule has 3 heterocycles. The van der Waals surface area contributed by atoms with Gasteiger partial charge in [-0.15, -0.1) is 0 Å². The number of fused-ring (bicyclic) bond motifs is 3. The molecule has 0 N–H and O–H groups in total. The standard InChI is InChI=1S/C33H30FNO10S3/c1-8-45-19-11-9-10-18-20-26(32(2,3)35(22(18)19)27(36)16-12-14-17(34)15-13-16)46-23(29(38)42-5)21(28(37)41-4)33(20)47-24(30(39)43-6)25(48-33)31(40)44-7/h9-15H,8H2,1-7H3. The second-order valence-electron chi connectivity index (χ2n) is 10.7. The van der Waals surface area contributed by atoms with Gasteiger partial charge in [-0.3, -0.25) is 9.69 Å². The SMILES string of the molecule is CCOc1cccc2c1N(C(=O)c1ccc(F)cc1)C(C)(C)C1=C2C2(SC(C(=O)OC)=C(C(=O)OC)S2)C(C(=O)OC)=C(C(=O)OC)S1. The molecule has 0 saturated heterocycles. The Morgan fingerprint density at radius 2 is 1.31 bits per heavy atom. The fourth-order valence-electron chi connectivity index (χ4n) is 5.67. The molecule has 48 heavy (non-hydrogen) atoms. The van der Waals surface area contributed by atoms with Crippen molar-refractivity contribution in [2.75, 3.05) is 39.9 Å². The number of halogens is 1. The van der Waals surface area contributed by atoms with Crippen LogP contribution in [0.1, 0.15) is 36.7 Å². The average Bonchev–Trinajstić information content (AvgIpc) is 3.47. The largest absolute Gasteiger partial charge is 0.492 e. The molecule has 0 fully saturated rings. The molecule has 1 spiro atoms. The molecular formula is C33H30FNO10S3. The fraction of sp³-hybridized carbons (Fsp3) is 0.303. The summed E-state index contributed by atoms with van der Waals surface area (Å²) >= 11 is 2.56. The molecule has 0 aromatic heterocycles. The summed E-state index contributed by atoms with van der Waals surface area (Å²) in [6, 6.07) is 10.2. The minimum Gasteiger partial charge on any atom is -0.492 e. The summed E-state index contributed by atoms with van der Waals surface area (Å²) in [5.74, 6) is -4.28. The monoisotopic (exact) mass is 715 g/mol. The molecule has 0 unspecified atom stereocenters. The van der Waals surface area contributed by atoms with Gasteiger partial charge in [0, 0.05) is 21.6 Å². The first-order chi connectivity index (χ1) is 22.8.